The van der Waals surface area contributed by atoms with E-state index in [1.165, 1.54) is 0 Å². The molecule has 2 aliphatic rings. The Kier molecular flexibility index (Phi) is 7.50. The summed E-state index contributed by atoms with van der Waals surface area (Å²) in [6, 6.07) is 5.43. The largest absolute Gasteiger partial charge is 0.490 e. The van der Waals surface area contributed by atoms with Gasteiger partial charge in [-0.2, -0.15) is 0 Å². The highest BCUT2D eigenvalue weighted by atomic mass is 35.5. The van der Waals surface area contributed by atoms with Crippen molar-refractivity contribution < 1.29 is 19.0 Å². The first kappa shape index (κ1) is 20.0. The highest BCUT2D eigenvalue weighted by molar-refractivity contribution is 5.95. The Morgan fingerprint density at radius 1 is 1.28 bits per heavy atom. The lowest BCUT2D eigenvalue weighted by atomic mass is 10.1. The summed E-state index contributed by atoms with van der Waals surface area (Å²) in [5.41, 5.74) is 1.79. The van der Waals surface area contributed by atoms with E-state index in [-0.39, 0.29) is 36.6 Å². The number of morpholine rings is 1. The molecule has 0 radical (unpaired) electrons. The van der Waals surface area contributed by atoms with Gasteiger partial charge in [-0.05, 0) is 37.6 Å². The number of aryl methyl sites for hydroxylation is 1. The first-order valence-electron chi connectivity index (χ1n) is 8.64. The van der Waals surface area contributed by atoms with Gasteiger partial charge >= 0.3 is 0 Å². The Balaban J connectivity index is 0.00000225. The van der Waals surface area contributed by atoms with E-state index >= 15 is 0 Å². The molecular formula is C18H27ClN2O4. The third-order valence-electron chi connectivity index (χ3n) is 4.50. The fourth-order valence-corrected chi connectivity index (χ4v) is 3.08. The molecule has 0 spiro atoms. The summed E-state index contributed by atoms with van der Waals surface area (Å²) in [7, 11) is 0. The van der Waals surface area contributed by atoms with E-state index in [4.69, 9.17) is 14.2 Å². The molecule has 2 saturated heterocycles. The zero-order chi connectivity index (χ0) is 16.9. The summed E-state index contributed by atoms with van der Waals surface area (Å²) in [4.78, 5) is 12.4. The SMILES string of the molecule is Cc1cc(NC(=O)[C@H]2NCCO[C@@H]2C)ccc1OC1CCOCC1.Cl. The summed E-state index contributed by atoms with van der Waals surface area (Å²) in [6.07, 6.45) is 1.92. The van der Waals surface area contributed by atoms with Crippen LogP contribution in [-0.2, 0) is 14.3 Å². The van der Waals surface area contributed by atoms with Gasteiger partial charge in [-0.25, -0.2) is 0 Å². The monoisotopic (exact) mass is 370 g/mol. The van der Waals surface area contributed by atoms with Crippen molar-refractivity contribution in [3.05, 3.63) is 23.8 Å². The molecule has 140 valence electrons. The summed E-state index contributed by atoms with van der Waals surface area (Å²) < 4.78 is 16.9. The molecule has 2 fully saturated rings. The number of carbonyl (C=O) groups excluding carboxylic acids is 1. The molecule has 1 amide bonds. The van der Waals surface area contributed by atoms with Crippen LogP contribution in [0.25, 0.3) is 0 Å². The van der Waals surface area contributed by atoms with Crippen LogP contribution in [0, 0.1) is 6.92 Å². The number of amides is 1. The van der Waals surface area contributed by atoms with E-state index in [9.17, 15) is 4.79 Å². The van der Waals surface area contributed by atoms with Crippen molar-refractivity contribution in [3.8, 4) is 5.75 Å². The standard InChI is InChI=1S/C18H26N2O4.ClH/c1-12-11-14(20-18(21)17-13(2)23-10-7-19-17)3-4-16(12)24-15-5-8-22-9-6-15;/h3-4,11,13,15,17,19H,5-10H2,1-2H3,(H,20,21);1H/t13-,17+;/m1./s1. The Morgan fingerprint density at radius 3 is 2.72 bits per heavy atom. The predicted octanol–water partition coefficient (Wildman–Crippen LogP) is 2.29. The molecule has 25 heavy (non-hydrogen) atoms. The van der Waals surface area contributed by atoms with Crippen LogP contribution < -0.4 is 15.4 Å². The number of ether oxygens (including phenoxy) is 3. The van der Waals surface area contributed by atoms with Crippen LogP contribution in [0.2, 0.25) is 0 Å². The number of halogens is 1. The average molecular weight is 371 g/mol. The Hall–Kier alpha value is -1.34. The fourth-order valence-electron chi connectivity index (χ4n) is 3.08. The molecule has 2 N–H and O–H groups in total. The minimum Gasteiger partial charge on any atom is -0.490 e. The van der Waals surface area contributed by atoms with Gasteiger partial charge in [-0.15, -0.1) is 12.4 Å². The molecule has 2 aliphatic heterocycles. The quantitative estimate of drug-likeness (QED) is 0.851. The minimum atomic E-state index is -0.322. The zero-order valence-electron chi connectivity index (χ0n) is 14.7. The van der Waals surface area contributed by atoms with Crippen molar-refractivity contribution in [3.63, 3.8) is 0 Å². The number of nitrogens with one attached hydrogen (secondary N) is 2. The maximum absolute atomic E-state index is 12.4. The topological polar surface area (TPSA) is 68.8 Å². The van der Waals surface area contributed by atoms with Crippen molar-refractivity contribution in [1.29, 1.82) is 0 Å². The van der Waals surface area contributed by atoms with Crippen molar-refractivity contribution in [2.75, 3.05) is 31.7 Å². The van der Waals surface area contributed by atoms with E-state index in [0.717, 1.165) is 43.1 Å². The number of benzene rings is 1. The Morgan fingerprint density at radius 2 is 2.04 bits per heavy atom. The van der Waals surface area contributed by atoms with Crippen LogP contribution in [0.4, 0.5) is 5.69 Å². The van der Waals surface area contributed by atoms with E-state index in [1.54, 1.807) is 0 Å². The molecule has 6 nitrogen and oxygen atoms in total. The normalized spacial score (nSPS) is 24.2. The maximum Gasteiger partial charge on any atom is 0.244 e. The van der Waals surface area contributed by atoms with Crippen LogP contribution in [0.15, 0.2) is 18.2 Å². The molecule has 0 aromatic heterocycles. The molecule has 0 bridgehead atoms. The van der Waals surface area contributed by atoms with Crippen LogP contribution in [-0.4, -0.2) is 50.5 Å². The van der Waals surface area contributed by atoms with E-state index in [2.05, 4.69) is 10.6 Å². The van der Waals surface area contributed by atoms with E-state index in [1.807, 2.05) is 32.0 Å². The summed E-state index contributed by atoms with van der Waals surface area (Å²) in [5, 5.41) is 6.15. The molecule has 3 rings (SSSR count). The Bertz CT molecular complexity index is 578. The second kappa shape index (κ2) is 9.38. The average Bonchev–Trinajstić information content (AvgIpc) is 2.58. The molecule has 0 aliphatic carbocycles. The fraction of sp³-hybridized carbons (Fsp3) is 0.611. The first-order valence-corrected chi connectivity index (χ1v) is 8.64. The minimum absolute atomic E-state index is 0. The smallest absolute Gasteiger partial charge is 0.244 e. The first-order chi connectivity index (χ1) is 11.6. The molecule has 0 unspecified atom stereocenters. The van der Waals surface area contributed by atoms with Gasteiger partial charge in [0.2, 0.25) is 5.91 Å². The van der Waals surface area contributed by atoms with Gasteiger partial charge in [0.15, 0.2) is 0 Å². The summed E-state index contributed by atoms with van der Waals surface area (Å²) in [6.45, 7) is 6.75. The van der Waals surface area contributed by atoms with Crippen LogP contribution >= 0.6 is 12.4 Å². The third-order valence-corrected chi connectivity index (χ3v) is 4.50. The molecule has 1 aromatic carbocycles. The Labute approximate surface area is 155 Å². The van der Waals surface area contributed by atoms with Crippen LogP contribution in [0.1, 0.15) is 25.3 Å². The van der Waals surface area contributed by atoms with Gasteiger partial charge < -0.3 is 24.8 Å². The van der Waals surface area contributed by atoms with Gasteiger partial charge in [0, 0.05) is 25.1 Å². The second-order valence-electron chi connectivity index (χ2n) is 6.41. The molecule has 2 atom stereocenters. The molecule has 0 saturated carbocycles. The number of rotatable bonds is 4. The lowest BCUT2D eigenvalue weighted by Gasteiger charge is -2.29. The third kappa shape index (κ3) is 5.31. The number of hydrogen-bond donors (Lipinski definition) is 2. The van der Waals surface area contributed by atoms with E-state index < -0.39 is 0 Å². The van der Waals surface area contributed by atoms with Crippen molar-refractivity contribution >= 4 is 24.0 Å². The lowest BCUT2D eigenvalue weighted by molar-refractivity contribution is -0.123. The highest BCUT2D eigenvalue weighted by Gasteiger charge is 2.28. The zero-order valence-corrected chi connectivity index (χ0v) is 15.6. The second-order valence-corrected chi connectivity index (χ2v) is 6.41. The predicted molar refractivity (Wildman–Crippen MR) is 98.7 cm³/mol. The van der Waals surface area contributed by atoms with Gasteiger partial charge in [0.1, 0.15) is 17.9 Å². The van der Waals surface area contributed by atoms with Crippen molar-refractivity contribution in [1.82, 2.24) is 5.32 Å². The molecule has 7 heteroatoms. The lowest BCUT2D eigenvalue weighted by Crippen LogP contribution is -2.53. The van der Waals surface area contributed by atoms with Gasteiger partial charge in [0.25, 0.3) is 0 Å². The molecule has 1 aromatic rings. The van der Waals surface area contributed by atoms with Gasteiger partial charge in [-0.1, -0.05) is 0 Å². The van der Waals surface area contributed by atoms with Gasteiger partial charge in [-0.3, -0.25) is 4.79 Å². The van der Waals surface area contributed by atoms with Crippen molar-refractivity contribution in [2.24, 2.45) is 0 Å². The number of anilines is 1. The summed E-state index contributed by atoms with van der Waals surface area (Å²) in [5.74, 6) is 0.798. The number of carbonyl (C=O) groups is 1. The summed E-state index contributed by atoms with van der Waals surface area (Å²) >= 11 is 0. The molecular weight excluding hydrogens is 344 g/mol. The van der Waals surface area contributed by atoms with Crippen molar-refractivity contribution in [2.45, 2.75) is 44.9 Å². The van der Waals surface area contributed by atoms with Crippen LogP contribution in [0.5, 0.6) is 5.75 Å². The number of hydrogen-bond acceptors (Lipinski definition) is 5. The highest BCUT2D eigenvalue weighted by Crippen LogP contribution is 2.25. The molecule has 2 heterocycles. The van der Waals surface area contributed by atoms with E-state index in [0.29, 0.717) is 13.2 Å². The van der Waals surface area contributed by atoms with Crippen LogP contribution in [0.3, 0.4) is 0 Å². The maximum atomic E-state index is 12.4. The van der Waals surface area contributed by atoms with Gasteiger partial charge in [0.05, 0.1) is 25.9 Å².